The van der Waals surface area contributed by atoms with E-state index in [0.717, 1.165) is 33.8 Å². The van der Waals surface area contributed by atoms with E-state index in [0.29, 0.717) is 25.9 Å². The van der Waals surface area contributed by atoms with Gasteiger partial charge in [-0.05, 0) is 64.5 Å². The summed E-state index contributed by atoms with van der Waals surface area (Å²) in [6.07, 6.45) is 2.03. The van der Waals surface area contributed by atoms with Gasteiger partial charge in [-0.1, -0.05) is 60.7 Å². The fourth-order valence-corrected chi connectivity index (χ4v) is 5.60. The zero-order valence-electron chi connectivity index (χ0n) is 28.5. The second-order valence-electron chi connectivity index (χ2n) is 12.7. The summed E-state index contributed by atoms with van der Waals surface area (Å²) in [5.41, 5.74) is 2.26. The standard InChI is InChI=1S/C36H50N6O6/c1-25(2)39-33(45)23-41-29(21-31(43)37-19-11-17-27-13-7-5-8-14-27)36(48)42(24-34(46)40-26(3)4)30(35(41)47)22-32(44)38-20-12-18-28-15-9-6-10-16-28/h5-10,13-16,25-26,29-30H,11-12,17-24H2,1-4H3,(H,37,43)(H,38,44)(H,39,45)(H,40,46)/t29-,30-/m0/s1. The number of hydrogen-bond donors (Lipinski definition) is 4. The SMILES string of the molecule is CC(C)NC(=O)CN1C(=O)[C@H](CC(=O)NCCCc2ccccc2)N(CC(=O)NC(C)C)C(=O)[C@@H]1CC(=O)NCCCc1ccccc1. The quantitative estimate of drug-likeness (QED) is 0.178. The van der Waals surface area contributed by atoms with Crippen molar-refractivity contribution in [2.45, 2.75) is 90.4 Å². The van der Waals surface area contributed by atoms with Crippen LogP contribution in [0.15, 0.2) is 60.7 Å². The maximum atomic E-state index is 14.1. The average Bonchev–Trinajstić information content (AvgIpc) is 3.03. The van der Waals surface area contributed by atoms with Gasteiger partial charge in [-0.25, -0.2) is 0 Å². The second-order valence-corrected chi connectivity index (χ2v) is 12.7. The molecular formula is C36H50N6O6. The van der Waals surface area contributed by atoms with Crippen molar-refractivity contribution in [3.8, 4) is 0 Å². The topological polar surface area (TPSA) is 157 Å². The molecule has 1 aliphatic heterocycles. The summed E-state index contributed by atoms with van der Waals surface area (Å²) in [5, 5.41) is 11.1. The number of rotatable bonds is 18. The van der Waals surface area contributed by atoms with Gasteiger partial charge >= 0.3 is 0 Å². The molecule has 1 aliphatic rings. The number of nitrogens with zero attached hydrogens (tertiary/aromatic N) is 2. The monoisotopic (exact) mass is 662 g/mol. The molecule has 48 heavy (non-hydrogen) atoms. The summed E-state index contributed by atoms with van der Waals surface area (Å²) in [6.45, 7) is 6.81. The molecule has 0 aromatic heterocycles. The molecule has 3 rings (SSSR count). The van der Waals surface area contributed by atoms with Crippen LogP contribution in [-0.4, -0.2) is 95.6 Å². The van der Waals surface area contributed by atoms with E-state index in [4.69, 9.17) is 0 Å². The van der Waals surface area contributed by atoms with Crippen LogP contribution < -0.4 is 21.3 Å². The minimum absolute atomic E-state index is 0.229. The molecular weight excluding hydrogens is 612 g/mol. The molecule has 2 aromatic rings. The maximum absolute atomic E-state index is 14.1. The fourth-order valence-electron chi connectivity index (χ4n) is 5.60. The lowest BCUT2D eigenvalue weighted by molar-refractivity contribution is -0.166. The van der Waals surface area contributed by atoms with Crippen molar-refractivity contribution in [2.24, 2.45) is 0 Å². The largest absolute Gasteiger partial charge is 0.356 e. The van der Waals surface area contributed by atoms with Gasteiger partial charge in [-0.3, -0.25) is 28.8 Å². The number of nitrogens with one attached hydrogen (secondary N) is 4. The Balaban J connectivity index is 1.75. The Bertz CT molecular complexity index is 1280. The van der Waals surface area contributed by atoms with Gasteiger partial charge in [0.1, 0.15) is 25.2 Å². The number of benzene rings is 2. The first-order chi connectivity index (χ1) is 22.9. The zero-order valence-corrected chi connectivity index (χ0v) is 28.5. The molecule has 1 heterocycles. The van der Waals surface area contributed by atoms with Crippen molar-refractivity contribution in [2.75, 3.05) is 26.2 Å². The molecule has 0 radical (unpaired) electrons. The van der Waals surface area contributed by atoms with Crippen molar-refractivity contribution >= 4 is 35.4 Å². The van der Waals surface area contributed by atoms with Crippen molar-refractivity contribution < 1.29 is 28.8 Å². The zero-order chi connectivity index (χ0) is 35.1. The molecule has 1 fully saturated rings. The Hall–Kier alpha value is -4.74. The Morgan fingerprint density at radius 1 is 0.583 bits per heavy atom. The molecule has 2 atom stereocenters. The normalized spacial score (nSPS) is 16.2. The van der Waals surface area contributed by atoms with Gasteiger partial charge in [0.05, 0.1) is 12.8 Å². The predicted octanol–water partition coefficient (Wildman–Crippen LogP) is 1.72. The van der Waals surface area contributed by atoms with Crippen molar-refractivity contribution in [3.63, 3.8) is 0 Å². The van der Waals surface area contributed by atoms with E-state index in [1.165, 1.54) is 0 Å². The molecule has 0 saturated carbocycles. The lowest BCUT2D eigenvalue weighted by Crippen LogP contribution is -2.68. The number of carbonyl (C=O) groups is 6. The summed E-state index contributed by atoms with van der Waals surface area (Å²) < 4.78 is 0. The van der Waals surface area contributed by atoms with Crippen LogP contribution in [0.3, 0.4) is 0 Å². The van der Waals surface area contributed by atoms with Crippen LogP contribution in [0.5, 0.6) is 0 Å². The smallest absolute Gasteiger partial charge is 0.247 e. The number of amides is 6. The third kappa shape index (κ3) is 12.5. The minimum atomic E-state index is -1.33. The van der Waals surface area contributed by atoms with E-state index in [-0.39, 0.29) is 12.1 Å². The first kappa shape index (κ1) is 37.7. The predicted molar refractivity (Wildman–Crippen MR) is 182 cm³/mol. The molecule has 0 spiro atoms. The Kier molecular flexibility index (Phi) is 15.1. The van der Waals surface area contributed by atoms with E-state index < -0.39 is 73.5 Å². The lowest BCUT2D eigenvalue weighted by atomic mass is 9.98. The van der Waals surface area contributed by atoms with Crippen LogP contribution in [0.4, 0.5) is 0 Å². The molecule has 1 saturated heterocycles. The highest BCUT2D eigenvalue weighted by molar-refractivity contribution is 6.03. The van der Waals surface area contributed by atoms with Crippen LogP contribution >= 0.6 is 0 Å². The van der Waals surface area contributed by atoms with Gasteiger partial charge in [0.15, 0.2) is 0 Å². The van der Waals surface area contributed by atoms with Gasteiger partial charge in [0.25, 0.3) is 0 Å². The average molecular weight is 663 g/mol. The van der Waals surface area contributed by atoms with E-state index >= 15 is 0 Å². The van der Waals surface area contributed by atoms with Gasteiger partial charge < -0.3 is 31.1 Å². The highest BCUT2D eigenvalue weighted by atomic mass is 16.2. The van der Waals surface area contributed by atoms with E-state index in [1.807, 2.05) is 60.7 Å². The lowest BCUT2D eigenvalue weighted by Gasteiger charge is -2.44. The van der Waals surface area contributed by atoms with Crippen molar-refractivity contribution in [1.82, 2.24) is 31.1 Å². The van der Waals surface area contributed by atoms with E-state index in [1.54, 1.807) is 27.7 Å². The van der Waals surface area contributed by atoms with Crippen molar-refractivity contribution in [1.29, 1.82) is 0 Å². The summed E-state index contributed by atoms with van der Waals surface area (Å²) in [5.74, 6) is -3.29. The number of piperazine rings is 1. The van der Waals surface area contributed by atoms with E-state index in [2.05, 4.69) is 21.3 Å². The van der Waals surface area contributed by atoms with Crippen LogP contribution in [0, 0.1) is 0 Å². The van der Waals surface area contributed by atoms with Crippen molar-refractivity contribution in [3.05, 3.63) is 71.8 Å². The maximum Gasteiger partial charge on any atom is 0.247 e. The van der Waals surface area contributed by atoms with Crippen LogP contribution in [0.1, 0.15) is 64.5 Å². The van der Waals surface area contributed by atoms with Crippen LogP contribution in [-0.2, 0) is 41.6 Å². The third-order valence-electron chi connectivity index (χ3n) is 7.79. The highest BCUT2D eigenvalue weighted by Gasteiger charge is 2.48. The Morgan fingerprint density at radius 2 is 0.938 bits per heavy atom. The van der Waals surface area contributed by atoms with Gasteiger partial charge in [-0.2, -0.15) is 0 Å². The minimum Gasteiger partial charge on any atom is -0.356 e. The number of aryl methyl sites for hydroxylation is 2. The number of carbonyl (C=O) groups excluding carboxylic acids is 6. The fraction of sp³-hybridized carbons (Fsp3) is 0.500. The van der Waals surface area contributed by atoms with Crippen LogP contribution in [0.2, 0.25) is 0 Å². The first-order valence-electron chi connectivity index (χ1n) is 16.8. The Labute approximate surface area is 283 Å². The van der Waals surface area contributed by atoms with Gasteiger partial charge in [0.2, 0.25) is 35.4 Å². The highest BCUT2D eigenvalue weighted by Crippen LogP contribution is 2.23. The summed E-state index contributed by atoms with van der Waals surface area (Å²) >= 11 is 0. The van der Waals surface area contributed by atoms with Crippen LogP contribution in [0.25, 0.3) is 0 Å². The third-order valence-corrected chi connectivity index (χ3v) is 7.79. The van der Waals surface area contributed by atoms with E-state index in [9.17, 15) is 28.8 Å². The molecule has 12 nitrogen and oxygen atoms in total. The Morgan fingerprint density at radius 3 is 1.27 bits per heavy atom. The molecule has 2 aromatic carbocycles. The summed E-state index contributed by atoms with van der Waals surface area (Å²) in [6, 6.07) is 16.5. The second kappa shape index (κ2) is 19.2. The summed E-state index contributed by atoms with van der Waals surface area (Å²) in [7, 11) is 0. The number of hydrogen-bond acceptors (Lipinski definition) is 6. The molecule has 0 bridgehead atoms. The molecule has 4 N–H and O–H groups in total. The van der Waals surface area contributed by atoms with Gasteiger partial charge in [0, 0.05) is 25.2 Å². The summed E-state index contributed by atoms with van der Waals surface area (Å²) in [4.78, 5) is 82.3. The molecule has 0 aliphatic carbocycles. The molecule has 0 unspecified atom stereocenters. The molecule has 6 amide bonds. The van der Waals surface area contributed by atoms with Gasteiger partial charge in [-0.15, -0.1) is 0 Å². The first-order valence-corrected chi connectivity index (χ1v) is 16.8. The molecule has 12 heteroatoms. The molecule has 260 valence electrons.